The van der Waals surface area contributed by atoms with E-state index in [0.29, 0.717) is 11.0 Å². The first-order chi connectivity index (χ1) is 16.8. The van der Waals surface area contributed by atoms with E-state index in [1.54, 1.807) is 0 Å². The molecule has 0 saturated carbocycles. The SMILES string of the molecule is Cc1ccc(OCc2nnc(SCC(=O)Nc3ccccc3C(C)(C)C)n2-c2ccccc2)cc1. The highest BCUT2D eigenvalue weighted by Crippen LogP contribution is 2.30. The standard InChI is InChI=1S/C28H30N4O2S/c1-20-14-16-22(17-15-20)34-18-25-30-31-27(32(25)21-10-6-5-7-11-21)35-19-26(33)29-24-13-9-8-12-23(24)28(2,3)4/h5-17H,18-19H2,1-4H3,(H,29,33). The molecule has 0 aliphatic heterocycles. The van der Waals surface area contributed by atoms with Gasteiger partial charge in [0.15, 0.2) is 11.0 Å². The fourth-order valence-electron chi connectivity index (χ4n) is 3.67. The molecule has 0 aliphatic rings. The third-order valence-electron chi connectivity index (χ3n) is 5.45. The monoisotopic (exact) mass is 486 g/mol. The Morgan fingerprint density at radius 3 is 2.34 bits per heavy atom. The molecule has 3 aromatic carbocycles. The molecule has 0 radical (unpaired) electrons. The molecule has 0 unspecified atom stereocenters. The lowest BCUT2D eigenvalue weighted by Crippen LogP contribution is -2.20. The van der Waals surface area contributed by atoms with Crippen LogP contribution in [0.25, 0.3) is 5.69 Å². The van der Waals surface area contributed by atoms with E-state index in [1.165, 1.54) is 17.3 Å². The van der Waals surface area contributed by atoms with Crippen LogP contribution >= 0.6 is 11.8 Å². The number of nitrogens with zero attached hydrogens (tertiary/aromatic N) is 3. The molecular formula is C28H30N4O2S. The van der Waals surface area contributed by atoms with E-state index in [4.69, 9.17) is 4.74 Å². The van der Waals surface area contributed by atoms with Crippen LogP contribution in [0.15, 0.2) is 84.0 Å². The minimum atomic E-state index is -0.0910. The lowest BCUT2D eigenvalue weighted by molar-refractivity contribution is -0.113. The first kappa shape index (κ1) is 24.5. The highest BCUT2D eigenvalue weighted by Gasteiger charge is 2.20. The molecule has 1 amide bonds. The average molecular weight is 487 g/mol. The predicted octanol–water partition coefficient (Wildman–Crippen LogP) is 6.18. The summed E-state index contributed by atoms with van der Waals surface area (Å²) in [6.07, 6.45) is 0. The number of amides is 1. The third-order valence-corrected chi connectivity index (χ3v) is 6.37. The van der Waals surface area contributed by atoms with Crippen LogP contribution in [0.4, 0.5) is 5.69 Å². The number of para-hydroxylation sites is 2. The topological polar surface area (TPSA) is 69.0 Å². The van der Waals surface area contributed by atoms with Crippen LogP contribution in [0.1, 0.15) is 37.7 Å². The van der Waals surface area contributed by atoms with Crippen molar-refractivity contribution in [1.82, 2.24) is 14.8 Å². The maximum atomic E-state index is 12.8. The number of carbonyl (C=O) groups excluding carboxylic acids is 1. The Labute approximate surface area is 210 Å². The average Bonchev–Trinajstić information content (AvgIpc) is 3.25. The maximum absolute atomic E-state index is 12.8. The molecule has 180 valence electrons. The number of rotatable bonds is 8. The number of thioether (sulfide) groups is 1. The van der Waals surface area contributed by atoms with Gasteiger partial charge >= 0.3 is 0 Å². The van der Waals surface area contributed by atoms with Gasteiger partial charge in [0.25, 0.3) is 0 Å². The summed E-state index contributed by atoms with van der Waals surface area (Å²) < 4.78 is 7.90. The van der Waals surface area contributed by atoms with E-state index in [1.807, 2.05) is 84.3 Å². The van der Waals surface area contributed by atoms with Gasteiger partial charge in [-0.05, 0) is 48.2 Å². The van der Waals surface area contributed by atoms with Crippen molar-refractivity contribution in [3.8, 4) is 11.4 Å². The van der Waals surface area contributed by atoms with Gasteiger partial charge in [-0.2, -0.15) is 0 Å². The molecule has 0 atom stereocenters. The zero-order chi connectivity index (χ0) is 24.8. The number of nitrogens with one attached hydrogen (secondary N) is 1. The van der Waals surface area contributed by atoms with E-state index in [2.05, 4.69) is 42.4 Å². The number of benzene rings is 3. The summed E-state index contributed by atoms with van der Waals surface area (Å²) in [6, 6.07) is 25.7. The van der Waals surface area contributed by atoms with Gasteiger partial charge in [0.1, 0.15) is 12.4 Å². The van der Waals surface area contributed by atoms with E-state index >= 15 is 0 Å². The highest BCUT2D eigenvalue weighted by atomic mass is 32.2. The van der Waals surface area contributed by atoms with Gasteiger partial charge in [-0.3, -0.25) is 9.36 Å². The molecule has 0 fully saturated rings. The van der Waals surface area contributed by atoms with Gasteiger partial charge < -0.3 is 10.1 Å². The van der Waals surface area contributed by atoms with E-state index in [9.17, 15) is 4.79 Å². The zero-order valence-corrected chi connectivity index (χ0v) is 21.3. The fraction of sp³-hybridized carbons (Fsp3) is 0.250. The van der Waals surface area contributed by atoms with Crippen LogP contribution < -0.4 is 10.1 Å². The van der Waals surface area contributed by atoms with Crippen molar-refractivity contribution in [1.29, 1.82) is 0 Å². The maximum Gasteiger partial charge on any atom is 0.234 e. The first-order valence-corrected chi connectivity index (χ1v) is 12.5. The molecule has 0 spiro atoms. The molecule has 7 heteroatoms. The number of aryl methyl sites for hydroxylation is 1. The van der Waals surface area contributed by atoms with Crippen molar-refractivity contribution in [2.24, 2.45) is 0 Å². The summed E-state index contributed by atoms with van der Waals surface area (Å²) >= 11 is 1.35. The van der Waals surface area contributed by atoms with Gasteiger partial charge in [0, 0.05) is 11.4 Å². The number of ether oxygens (including phenoxy) is 1. The van der Waals surface area contributed by atoms with E-state index in [-0.39, 0.29) is 23.7 Å². The molecule has 6 nitrogen and oxygen atoms in total. The molecule has 4 aromatic rings. The van der Waals surface area contributed by atoms with Crippen molar-refractivity contribution < 1.29 is 9.53 Å². The van der Waals surface area contributed by atoms with Crippen LogP contribution in [0, 0.1) is 6.92 Å². The predicted molar refractivity (Wildman–Crippen MR) is 141 cm³/mol. The second kappa shape index (κ2) is 10.8. The molecule has 0 saturated heterocycles. The smallest absolute Gasteiger partial charge is 0.234 e. The van der Waals surface area contributed by atoms with Crippen LogP contribution in [0.2, 0.25) is 0 Å². The van der Waals surface area contributed by atoms with Crippen LogP contribution in [-0.2, 0) is 16.8 Å². The summed E-state index contributed by atoms with van der Waals surface area (Å²) in [7, 11) is 0. The minimum absolute atomic E-state index is 0.0726. The van der Waals surface area contributed by atoms with Crippen LogP contribution in [0.3, 0.4) is 0 Å². The lowest BCUT2D eigenvalue weighted by atomic mass is 9.86. The summed E-state index contributed by atoms with van der Waals surface area (Å²) in [5, 5.41) is 12.4. The Morgan fingerprint density at radius 2 is 1.63 bits per heavy atom. The summed E-state index contributed by atoms with van der Waals surface area (Å²) in [5.41, 5.74) is 3.95. The Bertz CT molecular complexity index is 1280. The molecule has 0 bridgehead atoms. The highest BCUT2D eigenvalue weighted by molar-refractivity contribution is 7.99. The largest absolute Gasteiger partial charge is 0.486 e. The number of hydrogen-bond acceptors (Lipinski definition) is 5. The Hall–Kier alpha value is -3.58. The molecular weight excluding hydrogens is 456 g/mol. The summed E-state index contributed by atoms with van der Waals surface area (Å²) in [5.74, 6) is 1.55. The van der Waals surface area contributed by atoms with Crippen molar-refractivity contribution in [3.05, 3.63) is 95.8 Å². The van der Waals surface area contributed by atoms with Gasteiger partial charge in [-0.1, -0.05) is 86.6 Å². The van der Waals surface area contributed by atoms with Crippen molar-refractivity contribution >= 4 is 23.4 Å². The normalized spacial score (nSPS) is 11.3. The third kappa shape index (κ3) is 6.31. The number of carbonyl (C=O) groups is 1. The van der Waals surface area contributed by atoms with Crippen molar-refractivity contribution in [2.75, 3.05) is 11.1 Å². The number of hydrogen-bond donors (Lipinski definition) is 1. The summed E-state index contributed by atoms with van der Waals surface area (Å²) in [6.45, 7) is 8.70. The fourth-order valence-corrected chi connectivity index (χ4v) is 4.44. The van der Waals surface area contributed by atoms with Gasteiger partial charge in [-0.25, -0.2) is 0 Å². The first-order valence-electron chi connectivity index (χ1n) is 11.5. The molecule has 1 aromatic heterocycles. The minimum Gasteiger partial charge on any atom is -0.486 e. The van der Waals surface area contributed by atoms with Gasteiger partial charge in [0.2, 0.25) is 5.91 Å². The second-order valence-corrected chi connectivity index (χ2v) is 10.2. The lowest BCUT2D eigenvalue weighted by Gasteiger charge is -2.23. The van der Waals surface area contributed by atoms with E-state index in [0.717, 1.165) is 22.7 Å². The number of anilines is 1. The van der Waals surface area contributed by atoms with Crippen LogP contribution in [0.5, 0.6) is 5.75 Å². The summed E-state index contributed by atoms with van der Waals surface area (Å²) in [4.78, 5) is 12.8. The van der Waals surface area contributed by atoms with Crippen molar-refractivity contribution in [2.45, 2.75) is 44.9 Å². The molecule has 1 heterocycles. The quantitative estimate of drug-likeness (QED) is 0.301. The molecule has 1 N–H and O–H groups in total. The van der Waals surface area contributed by atoms with E-state index < -0.39 is 0 Å². The Balaban J connectivity index is 1.50. The number of aromatic nitrogens is 3. The Kier molecular flexibility index (Phi) is 7.56. The molecule has 4 rings (SSSR count). The second-order valence-electron chi connectivity index (χ2n) is 9.30. The zero-order valence-electron chi connectivity index (χ0n) is 20.5. The Morgan fingerprint density at radius 1 is 0.943 bits per heavy atom. The van der Waals surface area contributed by atoms with Crippen molar-refractivity contribution in [3.63, 3.8) is 0 Å². The van der Waals surface area contributed by atoms with Crippen LogP contribution in [-0.4, -0.2) is 26.4 Å². The van der Waals surface area contributed by atoms with Gasteiger partial charge in [0.05, 0.1) is 5.75 Å². The molecule has 0 aliphatic carbocycles. The van der Waals surface area contributed by atoms with Gasteiger partial charge in [-0.15, -0.1) is 10.2 Å². The molecule has 35 heavy (non-hydrogen) atoms.